The molecule has 8 heteroatoms. The highest BCUT2D eigenvalue weighted by Gasteiger charge is 2.46. The number of aliphatic hydroxyl groups is 1. The van der Waals surface area contributed by atoms with Crippen molar-refractivity contribution >= 4 is 17.4 Å². The van der Waals surface area contributed by atoms with E-state index in [1.165, 1.54) is 24.4 Å². The Morgan fingerprint density at radius 1 is 1.06 bits per heavy atom. The van der Waals surface area contributed by atoms with Crippen LogP contribution in [0.5, 0.6) is 11.5 Å². The van der Waals surface area contributed by atoms with Crippen LogP contribution in [0, 0.1) is 0 Å². The minimum absolute atomic E-state index is 0.00629. The van der Waals surface area contributed by atoms with Gasteiger partial charge in [0.1, 0.15) is 5.76 Å². The molecule has 1 aliphatic heterocycles. The lowest BCUT2D eigenvalue weighted by atomic mass is 9.95. The van der Waals surface area contributed by atoms with Crippen molar-refractivity contribution < 1.29 is 24.2 Å². The molecule has 35 heavy (non-hydrogen) atoms. The summed E-state index contributed by atoms with van der Waals surface area (Å²) in [7, 11) is 1.54. The molecule has 1 atom stereocenters. The molecule has 2 aromatic heterocycles. The summed E-state index contributed by atoms with van der Waals surface area (Å²) in [6.45, 7) is 2.78. The van der Waals surface area contributed by atoms with Gasteiger partial charge in [-0.05, 0) is 47.9 Å². The number of rotatable bonds is 9. The van der Waals surface area contributed by atoms with Crippen molar-refractivity contribution in [2.24, 2.45) is 0 Å². The molecule has 1 amide bonds. The number of carbonyl (C=O) groups is 2. The van der Waals surface area contributed by atoms with E-state index < -0.39 is 17.7 Å². The van der Waals surface area contributed by atoms with Gasteiger partial charge < -0.3 is 19.5 Å². The third-order valence-electron chi connectivity index (χ3n) is 5.83. The number of benzene rings is 1. The van der Waals surface area contributed by atoms with E-state index in [4.69, 9.17) is 9.47 Å². The van der Waals surface area contributed by atoms with E-state index in [1.807, 2.05) is 6.07 Å². The quantitative estimate of drug-likeness (QED) is 0.214. The summed E-state index contributed by atoms with van der Waals surface area (Å²) < 4.78 is 11.4. The van der Waals surface area contributed by atoms with Gasteiger partial charge in [0.15, 0.2) is 11.5 Å². The first kappa shape index (κ1) is 23.9. The number of likely N-dealkylation sites (tertiary alicyclic amines) is 1. The normalized spacial score (nSPS) is 17.0. The molecule has 3 heterocycles. The first-order valence-corrected chi connectivity index (χ1v) is 11.4. The number of carbonyl (C=O) groups excluding carboxylic acids is 2. The van der Waals surface area contributed by atoms with Crippen molar-refractivity contribution in [2.45, 2.75) is 32.4 Å². The zero-order valence-corrected chi connectivity index (χ0v) is 19.7. The van der Waals surface area contributed by atoms with Gasteiger partial charge in [0, 0.05) is 36.9 Å². The third kappa shape index (κ3) is 5.01. The number of ketones is 1. The highest BCUT2D eigenvalue weighted by Crippen LogP contribution is 2.42. The summed E-state index contributed by atoms with van der Waals surface area (Å²) in [6, 6.07) is 11.2. The Labute approximate surface area is 203 Å². The molecule has 0 saturated carbocycles. The molecule has 1 N–H and O–H groups in total. The number of aromatic nitrogens is 2. The number of hydrogen-bond acceptors (Lipinski definition) is 7. The minimum Gasteiger partial charge on any atom is -0.507 e. The van der Waals surface area contributed by atoms with Gasteiger partial charge >= 0.3 is 0 Å². The Morgan fingerprint density at radius 2 is 1.86 bits per heavy atom. The molecular formula is C27H27N3O5. The van der Waals surface area contributed by atoms with Crippen LogP contribution in [-0.4, -0.2) is 45.4 Å². The van der Waals surface area contributed by atoms with E-state index in [-0.39, 0.29) is 17.9 Å². The smallest absolute Gasteiger partial charge is 0.295 e. The number of Topliss-reactive ketones (excluding diaryl/α,β-unsaturated/α-hetero) is 1. The fourth-order valence-electron chi connectivity index (χ4n) is 4.04. The van der Waals surface area contributed by atoms with Crippen molar-refractivity contribution in [1.82, 2.24) is 14.9 Å². The maximum atomic E-state index is 13.2. The van der Waals surface area contributed by atoms with Gasteiger partial charge in [-0.25, -0.2) is 0 Å². The number of hydrogen-bond donors (Lipinski definition) is 1. The highest BCUT2D eigenvalue weighted by atomic mass is 16.5. The fourth-order valence-corrected chi connectivity index (χ4v) is 4.04. The molecule has 1 saturated heterocycles. The van der Waals surface area contributed by atoms with Gasteiger partial charge in [-0.3, -0.25) is 19.6 Å². The second-order valence-electron chi connectivity index (χ2n) is 8.14. The predicted molar refractivity (Wildman–Crippen MR) is 130 cm³/mol. The van der Waals surface area contributed by atoms with E-state index in [2.05, 4.69) is 16.9 Å². The van der Waals surface area contributed by atoms with Crippen molar-refractivity contribution in [3.63, 3.8) is 0 Å². The van der Waals surface area contributed by atoms with Gasteiger partial charge in [0.05, 0.1) is 25.3 Å². The largest absolute Gasteiger partial charge is 0.507 e. The van der Waals surface area contributed by atoms with E-state index >= 15 is 0 Å². The van der Waals surface area contributed by atoms with Crippen LogP contribution in [0.1, 0.15) is 42.5 Å². The zero-order valence-electron chi connectivity index (χ0n) is 19.7. The fraction of sp³-hybridized carbons (Fsp3) is 0.259. The molecule has 1 aromatic carbocycles. The lowest BCUT2D eigenvalue weighted by Crippen LogP contribution is -2.29. The Hall–Kier alpha value is -4.20. The lowest BCUT2D eigenvalue weighted by Gasteiger charge is -2.26. The van der Waals surface area contributed by atoms with Gasteiger partial charge in [-0.15, -0.1) is 0 Å². The van der Waals surface area contributed by atoms with Crippen molar-refractivity contribution in [2.75, 3.05) is 13.7 Å². The monoisotopic (exact) mass is 473 g/mol. The molecule has 0 spiro atoms. The van der Waals surface area contributed by atoms with Crippen LogP contribution in [0.15, 0.2) is 72.8 Å². The predicted octanol–water partition coefficient (Wildman–Crippen LogP) is 4.29. The van der Waals surface area contributed by atoms with Crippen molar-refractivity contribution in [3.05, 3.63) is 89.5 Å². The number of aliphatic hydroxyl groups excluding tert-OH is 1. The maximum Gasteiger partial charge on any atom is 0.295 e. The topological polar surface area (TPSA) is 102 Å². The molecule has 0 bridgehead atoms. The number of unbranched alkanes of at least 4 members (excludes halogenated alkanes) is 1. The summed E-state index contributed by atoms with van der Waals surface area (Å²) >= 11 is 0. The molecule has 8 nitrogen and oxygen atoms in total. The summed E-state index contributed by atoms with van der Waals surface area (Å²) in [5.41, 5.74) is 1.78. The number of amides is 1. The van der Waals surface area contributed by atoms with Crippen LogP contribution in [0.2, 0.25) is 0 Å². The minimum atomic E-state index is -0.832. The third-order valence-corrected chi connectivity index (χ3v) is 5.83. The number of nitrogens with zero attached hydrogens (tertiary/aromatic N) is 3. The molecule has 0 aliphatic carbocycles. The molecule has 1 unspecified atom stereocenters. The van der Waals surface area contributed by atoms with Gasteiger partial charge in [0.25, 0.3) is 11.7 Å². The number of methoxy groups -OCH3 is 1. The second kappa shape index (κ2) is 10.8. The van der Waals surface area contributed by atoms with Crippen molar-refractivity contribution in [1.29, 1.82) is 0 Å². The van der Waals surface area contributed by atoms with Crippen LogP contribution < -0.4 is 9.47 Å². The van der Waals surface area contributed by atoms with Crippen molar-refractivity contribution in [3.8, 4) is 11.5 Å². The van der Waals surface area contributed by atoms with Gasteiger partial charge in [-0.1, -0.05) is 25.5 Å². The number of pyridine rings is 2. The van der Waals surface area contributed by atoms with Crippen LogP contribution in [0.4, 0.5) is 0 Å². The Morgan fingerprint density at radius 3 is 2.54 bits per heavy atom. The second-order valence-corrected chi connectivity index (χ2v) is 8.14. The zero-order chi connectivity index (χ0) is 24.8. The lowest BCUT2D eigenvalue weighted by molar-refractivity contribution is -0.140. The molecular weight excluding hydrogens is 446 g/mol. The standard InChI is InChI=1S/C27H27N3O5/c1-3-4-14-35-21-8-7-20(15-22(21)34-2)24-23(25(31)19-9-12-28-13-10-19)26(32)27(33)30(24)17-18-6-5-11-29-16-18/h5-13,15-16,24,31H,3-4,14,17H2,1-2H3. The molecule has 1 fully saturated rings. The highest BCUT2D eigenvalue weighted by molar-refractivity contribution is 6.46. The van der Waals surface area contributed by atoms with E-state index in [0.29, 0.717) is 29.2 Å². The van der Waals surface area contributed by atoms with E-state index in [9.17, 15) is 14.7 Å². The van der Waals surface area contributed by atoms with Crippen LogP contribution >= 0.6 is 0 Å². The molecule has 180 valence electrons. The maximum absolute atomic E-state index is 13.2. The van der Waals surface area contributed by atoms with E-state index in [0.717, 1.165) is 18.4 Å². The Balaban J connectivity index is 1.82. The molecule has 3 aromatic rings. The summed E-state index contributed by atoms with van der Waals surface area (Å²) in [5.74, 6) is -0.656. The van der Waals surface area contributed by atoms with Gasteiger partial charge in [-0.2, -0.15) is 0 Å². The summed E-state index contributed by atoms with van der Waals surface area (Å²) in [6.07, 6.45) is 8.22. The summed E-state index contributed by atoms with van der Waals surface area (Å²) in [4.78, 5) is 35.9. The van der Waals surface area contributed by atoms with Crippen LogP contribution in [0.25, 0.3) is 5.76 Å². The average Bonchev–Trinajstić information content (AvgIpc) is 3.14. The summed E-state index contributed by atoms with van der Waals surface area (Å²) in [5, 5.41) is 11.1. The molecule has 0 radical (unpaired) electrons. The van der Waals surface area contributed by atoms with Crippen LogP contribution in [0.3, 0.4) is 0 Å². The number of ether oxygens (including phenoxy) is 2. The van der Waals surface area contributed by atoms with E-state index in [1.54, 1.807) is 48.8 Å². The molecule has 4 rings (SSSR count). The first-order valence-electron chi connectivity index (χ1n) is 11.4. The SMILES string of the molecule is CCCCOc1ccc(C2C(=C(O)c3ccncc3)C(=O)C(=O)N2Cc2cccnc2)cc1OC. The Kier molecular flexibility index (Phi) is 7.40. The molecule has 1 aliphatic rings. The van der Waals surface area contributed by atoms with Gasteiger partial charge in [0.2, 0.25) is 0 Å². The average molecular weight is 474 g/mol. The Bertz CT molecular complexity index is 1230. The van der Waals surface area contributed by atoms with Crippen LogP contribution in [-0.2, 0) is 16.1 Å². The first-order chi connectivity index (χ1) is 17.0.